The molecule has 0 radical (unpaired) electrons. The van der Waals surface area contributed by atoms with Gasteiger partial charge in [-0.05, 0) is 71.8 Å². The van der Waals surface area contributed by atoms with Crippen LogP contribution in [0.5, 0.6) is 0 Å². The minimum Gasteiger partial charge on any atom is -0.317 e. The Morgan fingerprint density at radius 1 is 0.962 bits per heavy atom. The lowest BCUT2D eigenvalue weighted by Gasteiger charge is -2.25. The highest BCUT2D eigenvalue weighted by Gasteiger charge is 2.23. The third-order valence-electron chi connectivity index (χ3n) is 5.64. The molecule has 4 rings (SSSR count). The Bertz CT molecular complexity index is 869. The molecule has 0 aromatic heterocycles. The minimum atomic E-state index is 0.413. The molecule has 0 saturated carbocycles. The van der Waals surface area contributed by atoms with Gasteiger partial charge in [-0.2, -0.15) is 0 Å². The van der Waals surface area contributed by atoms with Crippen LogP contribution in [0.15, 0.2) is 54.6 Å². The fourth-order valence-electron chi connectivity index (χ4n) is 4.29. The molecule has 0 saturated heterocycles. The summed E-state index contributed by atoms with van der Waals surface area (Å²) >= 11 is 0. The van der Waals surface area contributed by atoms with Crippen molar-refractivity contribution in [3.05, 3.63) is 71.3 Å². The molecule has 0 aliphatic heterocycles. The van der Waals surface area contributed by atoms with E-state index in [1.807, 2.05) is 0 Å². The van der Waals surface area contributed by atoms with Gasteiger partial charge in [0, 0.05) is 5.92 Å². The Morgan fingerprint density at radius 3 is 2.81 bits per heavy atom. The second kappa shape index (κ2) is 8.05. The fourth-order valence-corrected chi connectivity index (χ4v) is 4.29. The highest BCUT2D eigenvalue weighted by molar-refractivity contribution is 6.01. The zero-order chi connectivity index (χ0) is 17.8. The number of hydrogen-bond acceptors (Lipinski definition) is 1. The van der Waals surface area contributed by atoms with Crippen LogP contribution in [0, 0.1) is 0 Å². The lowest BCUT2D eigenvalue weighted by molar-refractivity contribution is 0.603. The van der Waals surface area contributed by atoms with Gasteiger partial charge in [0.25, 0.3) is 0 Å². The van der Waals surface area contributed by atoms with Gasteiger partial charge in [0.1, 0.15) is 0 Å². The molecule has 1 nitrogen and oxygen atoms in total. The standard InChI is InChI=1S/C25H29N/c1-2-3-16-26-17-7-6-10-21-18-22-11-5-4-9-19-14-15-20-12-8-13-23(21)25(20)24(19)22/h4-5,8-9,11-15,18,22,26H,2-3,6-7,10,16-17H2,1H3. The normalized spacial score (nSPS) is 17.4. The molecule has 0 amide bonds. The Labute approximate surface area is 157 Å². The second-order valence-electron chi connectivity index (χ2n) is 7.49. The van der Waals surface area contributed by atoms with Crippen molar-refractivity contribution in [2.24, 2.45) is 0 Å². The Morgan fingerprint density at radius 2 is 1.88 bits per heavy atom. The zero-order valence-corrected chi connectivity index (χ0v) is 15.8. The van der Waals surface area contributed by atoms with Crippen molar-refractivity contribution < 1.29 is 0 Å². The van der Waals surface area contributed by atoms with Crippen LogP contribution < -0.4 is 5.32 Å². The van der Waals surface area contributed by atoms with Crippen molar-refractivity contribution in [1.82, 2.24) is 5.32 Å². The van der Waals surface area contributed by atoms with Crippen molar-refractivity contribution in [2.45, 2.75) is 44.9 Å². The maximum Gasteiger partial charge on any atom is 0.0220 e. The van der Waals surface area contributed by atoms with Crippen LogP contribution in [0.2, 0.25) is 0 Å². The summed E-state index contributed by atoms with van der Waals surface area (Å²) < 4.78 is 0. The lowest BCUT2D eigenvalue weighted by Crippen LogP contribution is -2.16. The van der Waals surface area contributed by atoms with E-state index in [2.05, 4.69) is 73.0 Å². The number of nitrogens with one attached hydrogen (secondary N) is 1. The number of rotatable bonds is 8. The maximum absolute atomic E-state index is 3.57. The molecule has 1 unspecified atom stereocenters. The van der Waals surface area contributed by atoms with Gasteiger partial charge in [-0.3, -0.25) is 0 Å². The van der Waals surface area contributed by atoms with E-state index in [0.717, 1.165) is 13.1 Å². The summed E-state index contributed by atoms with van der Waals surface area (Å²) in [5.74, 6) is 0.413. The first-order valence-electron chi connectivity index (χ1n) is 10.2. The van der Waals surface area contributed by atoms with Gasteiger partial charge in [0.05, 0.1) is 0 Å². The number of allylic oxidation sites excluding steroid dienone is 5. The van der Waals surface area contributed by atoms with Crippen molar-refractivity contribution in [3.63, 3.8) is 0 Å². The number of hydrogen-bond donors (Lipinski definition) is 1. The van der Waals surface area contributed by atoms with Gasteiger partial charge >= 0.3 is 0 Å². The van der Waals surface area contributed by atoms with Crippen LogP contribution >= 0.6 is 0 Å². The van der Waals surface area contributed by atoms with Crippen LogP contribution in [-0.4, -0.2) is 13.1 Å². The third kappa shape index (κ3) is 3.41. The van der Waals surface area contributed by atoms with E-state index in [4.69, 9.17) is 0 Å². The summed E-state index contributed by atoms with van der Waals surface area (Å²) in [7, 11) is 0. The first-order chi connectivity index (χ1) is 12.9. The monoisotopic (exact) mass is 343 g/mol. The molecule has 1 atom stereocenters. The molecular weight excluding hydrogens is 314 g/mol. The molecule has 2 aliphatic carbocycles. The molecule has 0 spiro atoms. The molecular formula is C25H29N. The predicted octanol–water partition coefficient (Wildman–Crippen LogP) is 6.46. The van der Waals surface area contributed by atoms with Gasteiger partial charge in [-0.15, -0.1) is 0 Å². The molecule has 0 heterocycles. The molecule has 0 fully saturated rings. The predicted molar refractivity (Wildman–Crippen MR) is 114 cm³/mol. The largest absolute Gasteiger partial charge is 0.317 e. The first kappa shape index (κ1) is 17.3. The van der Waals surface area contributed by atoms with E-state index in [1.165, 1.54) is 65.1 Å². The van der Waals surface area contributed by atoms with Crippen molar-refractivity contribution in [3.8, 4) is 0 Å². The van der Waals surface area contributed by atoms with Gasteiger partial charge in [-0.1, -0.05) is 74.1 Å². The van der Waals surface area contributed by atoms with E-state index in [1.54, 1.807) is 0 Å². The Hall–Kier alpha value is -2.12. The minimum absolute atomic E-state index is 0.413. The second-order valence-corrected chi connectivity index (χ2v) is 7.49. The van der Waals surface area contributed by atoms with Gasteiger partial charge in [-0.25, -0.2) is 0 Å². The van der Waals surface area contributed by atoms with Gasteiger partial charge in [0.2, 0.25) is 0 Å². The summed E-state index contributed by atoms with van der Waals surface area (Å²) in [6.07, 6.45) is 17.7. The average molecular weight is 344 g/mol. The quantitative estimate of drug-likeness (QED) is 0.542. The van der Waals surface area contributed by atoms with E-state index in [0.29, 0.717) is 5.92 Å². The summed E-state index contributed by atoms with van der Waals surface area (Å²) in [5, 5.41) is 6.42. The topological polar surface area (TPSA) is 12.0 Å². The average Bonchev–Trinajstić information content (AvgIpc) is 2.89. The van der Waals surface area contributed by atoms with E-state index in [9.17, 15) is 0 Å². The van der Waals surface area contributed by atoms with Gasteiger partial charge in [0.15, 0.2) is 0 Å². The van der Waals surface area contributed by atoms with E-state index < -0.39 is 0 Å². The van der Waals surface area contributed by atoms with Crippen LogP contribution in [0.25, 0.3) is 22.4 Å². The van der Waals surface area contributed by atoms with Crippen molar-refractivity contribution >= 4 is 22.4 Å². The fraction of sp³-hybridized carbons (Fsp3) is 0.360. The maximum atomic E-state index is 3.57. The summed E-state index contributed by atoms with van der Waals surface area (Å²) in [6, 6.07) is 11.4. The Balaban J connectivity index is 1.55. The first-order valence-corrected chi connectivity index (χ1v) is 10.2. The van der Waals surface area contributed by atoms with Crippen molar-refractivity contribution in [1.29, 1.82) is 0 Å². The molecule has 2 aromatic carbocycles. The molecule has 0 bridgehead atoms. The smallest absolute Gasteiger partial charge is 0.0220 e. The van der Waals surface area contributed by atoms with Crippen LogP contribution in [-0.2, 0) is 0 Å². The highest BCUT2D eigenvalue weighted by atomic mass is 14.8. The van der Waals surface area contributed by atoms with E-state index in [-0.39, 0.29) is 0 Å². The molecule has 1 N–H and O–H groups in total. The van der Waals surface area contributed by atoms with Crippen LogP contribution in [0.1, 0.15) is 61.6 Å². The molecule has 1 heteroatoms. The third-order valence-corrected chi connectivity index (χ3v) is 5.64. The number of benzene rings is 2. The van der Waals surface area contributed by atoms with Gasteiger partial charge < -0.3 is 5.32 Å². The zero-order valence-electron chi connectivity index (χ0n) is 15.8. The highest BCUT2D eigenvalue weighted by Crippen LogP contribution is 2.43. The molecule has 26 heavy (non-hydrogen) atoms. The molecule has 2 aromatic rings. The molecule has 134 valence electrons. The van der Waals surface area contributed by atoms with Crippen molar-refractivity contribution in [2.75, 3.05) is 13.1 Å². The summed E-state index contributed by atoms with van der Waals surface area (Å²) in [4.78, 5) is 0. The van der Waals surface area contributed by atoms with E-state index >= 15 is 0 Å². The SMILES string of the molecule is CCCCNCCCCC1=CC2C=CC=Cc3ccc4cccc1c4c32. The lowest BCUT2D eigenvalue weighted by atomic mass is 9.79. The summed E-state index contributed by atoms with van der Waals surface area (Å²) in [6.45, 7) is 4.55. The van der Waals surface area contributed by atoms with Crippen LogP contribution in [0.3, 0.4) is 0 Å². The summed E-state index contributed by atoms with van der Waals surface area (Å²) in [5.41, 5.74) is 5.85. The Kier molecular flexibility index (Phi) is 5.36. The van der Waals surface area contributed by atoms with Crippen LogP contribution in [0.4, 0.5) is 0 Å². The number of unbranched alkanes of at least 4 members (excludes halogenated alkanes) is 2. The molecule has 2 aliphatic rings.